The van der Waals surface area contributed by atoms with Crippen LogP contribution < -0.4 is 13.6 Å². The minimum absolute atomic E-state index is 0.115. The van der Waals surface area contributed by atoms with Crippen LogP contribution in [0.25, 0.3) is 11.1 Å². The molecule has 0 fully saturated rings. The van der Waals surface area contributed by atoms with Crippen molar-refractivity contribution in [2.24, 2.45) is 0 Å². The highest BCUT2D eigenvalue weighted by molar-refractivity contribution is 6.75. The molecule has 0 saturated carbocycles. The molecule has 0 unspecified atom stereocenters. The molecule has 244 valence electrons. The summed E-state index contributed by atoms with van der Waals surface area (Å²) in [7, 11) is -3.91. The van der Waals surface area contributed by atoms with Crippen LogP contribution in [0.5, 0.6) is 17.2 Å². The fourth-order valence-corrected chi connectivity index (χ4v) is 6.48. The van der Waals surface area contributed by atoms with Crippen molar-refractivity contribution in [1.29, 1.82) is 0 Å². The zero-order valence-electron chi connectivity index (χ0n) is 29.6. The molecule has 45 heavy (non-hydrogen) atoms. The smallest absolute Gasteiger partial charge is 0.344 e. The van der Waals surface area contributed by atoms with E-state index < -0.39 is 16.6 Å². The second-order valence-electron chi connectivity index (χ2n) is 14.6. The minimum atomic E-state index is -1.97. The Morgan fingerprint density at radius 2 is 0.978 bits per heavy atom. The lowest BCUT2D eigenvalue weighted by molar-refractivity contribution is -0.145. The molecule has 3 aromatic rings. The molecule has 3 aromatic carbocycles. The molecule has 0 saturated heterocycles. The fourth-order valence-electron chi connectivity index (χ4n) is 4.41. The lowest BCUT2D eigenvalue weighted by Crippen LogP contribution is -2.43. The molecule has 0 aromatic heterocycles. The van der Waals surface area contributed by atoms with Gasteiger partial charge in [-0.1, -0.05) is 84.9 Å². The van der Waals surface area contributed by atoms with Gasteiger partial charge in [-0.25, -0.2) is 4.79 Å². The molecule has 7 heteroatoms. The first-order valence-corrected chi connectivity index (χ1v) is 21.9. The summed E-state index contributed by atoms with van der Waals surface area (Å²) in [5.41, 5.74) is 5.70. The van der Waals surface area contributed by atoms with Crippen LogP contribution in [0.2, 0.25) is 36.3 Å². The van der Waals surface area contributed by atoms with Gasteiger partial charge in [0, 0.05) is 0 Å². The summed E-state index contributed by atoms with van der Waals surface area (Å²) in [5, 5.41) is 0.240. The van der Waals surface area contributed by atoms with Crippen molar-refractivity contribution < 1.29 is 23.1 Å². The van der Waals surface area contributed by atoms with Gasteiger partial charge in [-0.2, -0.15) is 0 Å². The van der Waals surface area contributed by atoms with Crippen molar-refractivity contribution in [1.82, 2.24) is 0 Å². The van der Waals surface area contributed by atoms with Crippen molar-refractivity contribution in [3.05, 3.63) is 89.5 Å². The molecular formula is C38H54O5Si2. The second-order valence-corrected chi connectivity index (χ2v) is 24.0. The van der Waals surface area contributed by atoms with Crippen LogP contribution in [-0.2, 0) is 9.53 Å². The van der Waals surface area contributed by atoms with Gasteiger partial charge >= 0.3 is 5.97 Å². The van der Waals surface area contributed by atoms with Crippen LogP contribution in [0.4, 0.5) is 0 Å². The number of hydrogen-bond donors (Lipinski definition) is 0. The molecule has 3 rings (SSSR count). The van der Waals surface area contributed by atoms with Crippen LogP contribution in [0, 0.1) is 0 Å². The van der Waals surface area contributed by atoms with Crippen molar-refractivity contribution in [2.75, 3.05) is 13.2 Å². The average molecular weight is 647 g/mol. The van der Waals surface area contributed by atoms with Gasteiger partial charge in [-0.3, -0.25) is 0 Å². The van der Waals surface area contributed by atoms with Crippen molar-refractivity contribution in [3.63, 3.8) is 0 Å². The number of esters is 1. The number of allylic oxidation sites excluding steroid dienone is 1. The lowest BCUT2D eigenvalue weighted by atomic mass is 9.88. The van der Waals surface area contributed by atoms with Gasteiger partial charge < -0.3 is 18.3 Å². The molecule has 0 amide bonds. The second kappa shape index (κ2) is 14.4. The third-order valence-electron chi connectivity index (χ3n) is 9.16. The van der Waals surface area contributed by atoms with E-state index in [4.69, 9.17) is 18.3 Å². The fraction of sp³-hybridized carbons (Fsp3) is 0.447. The summed E-state index contributed by atoms with van der Waals surface area (Å²) < 4.78 is 23.9. The maximum atomic E-state index is 11.8. The summed E-state index contributed by atoms with van der Waals surface area (Å²) in [6.45, 7) is 26.8. The van der Waals surface area contributed by atoms with E-state index in [2.05, 4.69) is 135 Å². The first kappa shape index (κ1) is 36.2. The number of ether oxygens (including phenoxy) is 2. The molecule has 0 N–H and O–H groups in total. The third-order valence-corrected chi connectivity index (χ3v) is 17.9. The van der Waals surface area contributed by atoms with E-state index in [1.807, 2.05) is 12.1 Å². The van der Waals surface area contributed by atoms with Crippen molar-refractivity contribution in [3.8, 4) is 17.2 Å². The maximum Gasteiger partial charge on any atom is 0.344 e. The summed E-state index contributed by atoms with van der Waals surface area (Å²) >= 11 is 0. The summed E-state index contributed by atoms with van der Waals surface area (Å²) in [6.07, 6.45) is 0.834. The highest BCUT2D eigenvalue weighted by Gasteiger charge is 2.39. The number of carbonyl (C=O) groups is 1. The Balaban J connectivity index is 2.05. The Morgan fingerprint density at radius 1 is 0.600 bits per heavy atom. The molecule has 0 spiro atoms. The largest absolute Gasteiger partial charge is 0.544 e. The minimum Gasteiger partial charge on any atom is -0.544 e. The Bertz CT molecular complexity index is 1440. The van der Waals surface area contributed by atoms with Crippen molar-refractivity contribution in [2.45, 2.75) is 98.1 Å². The van der Waals surface area contributed by atoms with Gasteiger partial charge in [0.05, 0.1) is 6.61 Å². The quantitative estimate of drug-likeness (QED) is 0.111. The standard InChI is InChI=1S/C38H54O5Si2/c1-13-34(28-15-23-32(24-16-28)42-44(9,10)37(3,4)5)36(29-17-21-31(22-18-29)41-27-35(39)40-14-2)30-19-25-33(26-20-30)43-45(11,12)38(6,7)8/h15-26H,13-14,27H2,1-12H3/b36-34-. The summed E-state index contributed by atoms with van der Waals surface area (Å²) in [5.74, 6) is 2.06. The van der Waals surface area contributed by atoms with E-state index in [-0.39, 0.29) is 22.7 Å². The first-order chi connectivity index (χ1) is 20.9. The Morgan fingerprint density at radius 3 is 1.33 bits per heavy atom. The van der Waals surface area contributed by atoms with Gasteiger partial charge in [-0.05, 0) is 114 Å². The SMILES string of the molecule is CCOC(=O)COc1ccc(/C(=C(\CC)c2ccc(O[Si](C)(C)C(C)(C)C)cc2)c2ccc(O[Si](C)(C)C(C)(C)C)cc2)cc1. The molecule has 0 bridgehead atoms. The van der Waals surface area contributed by atoms with E-state index in [0.29, 0.717) is 12.4 Å². The van der Waals surface area contributed by atoms with Gasteiger partial charge in [0.25, 0.3) is 0 Å². The van der Waals surface area contributed by atoms with Crippen molar-refractivity contribution >= 4 is 33.8 Å². The van der Waals surface area contributed by atoms with E-state index in [0.717, 1.165) is 40.2 Å². The topological polar surface area (TPSA) is 54.0 Å². The molecule has 0 aliphatic carbocycles. The zero-order chi connectivity index (χ0) is 33.6. The van der Waals surface area contributed by atoms with Gasteiger partial charge in [0.2, 0.25) is 16.6 Å². The number of hydrogen-bond acceptors (Lipinski definition) is 5. The predicted octanol–water partition coefficient (Wildman–Crippen LogP) is 10.8. The summed E-state index contributed by atoms with van der Waals surface area (Å²) in [6, 6.07) is 25.0. The number of rotatable bonds is 12. The van der Waals surface area contributed by atoms with E-state index in [9.17, 15) is 4.79 Å². The molecule has 0 aliphatic heterocycles. The third kappa shape index (κ3) is 9.36. The Labute approximate surface area is 274 Å². The maximum absolute atomic E-state index is 11.8. The van der Waals surface area contributed by atoms with E-state index >= 15 is 0 Å². The molecule has 0 atom stereocenters. The van der Waals surface area contributed by atoms with Crippen LogP contribution in [0.1, 0.15) is 78.5 Å². The van der Waals surface area contributed by atoms with Gasteiger partial charge in [0.15, 0.2) is 6.61 Å². The molecule has 5 nitrogen and oxygen atoms in total. The highest BCUT2D eigenvalue weighted by Crippen LogP contribution is 2.40. The molecule has 0 radical (unpaired) electrons. The van der Waals surface area contributed by atoms with E-state index in [1.54, 1.807) is 6.92 Å². The molecular weight excluding hydrogens is 593 g/mol. The first-order valence-electron chi connectivity index (χ1n) is 16.1. The van der Waals surface area contributed by atoms with Gasteiger partial charge in [0.1, 0.15) is 17.2 Å². The summed E-state index contributed by atoms with van der Waals surface area (Å²) in [4.78, 5) is 11.8. The lowest BCUT2D eigenvalue weighted by Gasteiger charge is -2.36. The van der Waals surface area contributed by atoms with Crippen LogP contribution in [0.3, 0.4) is 0 Å². The normalized spacial score (nSPS) is 13.2. The molecule has 0 heterocycles. The highest BCUT2D eigenvalue weighted by atomic mass is 28.4. The monoisotopic (exact) mass is 646 g/mol. The van der Waals surface area contributed by atoms with Crippen LogP contribution in [-0.4, -0.2) is 35.8 Å². The van der Waals surface area contributed by atoms with Gasteiger partial charge in [-0.15, -0.1) is 0 Å². The number of benzene rings is 3. The van der Waals surface area contributed by atoms with Crippen LogP contribution in [0.15, 0.2) is 72.8 Å². The zero-order valence-corrected chi connectivity index (χ0v) is 31.6. The average Bonchev–Trinajstić information content (AvgIpc) is 2.95. The molecule has 0 aliphatic rings. The predicted molar refractivity (Wildman–Crippen MR) is 193 cm³/mol. The van der Waals surface area contributed by atoms with Crippen LogP contribution >= 0.6 is 0 Å². The Hall–Kier alpha value is -3.30. The number of carbonyl (C=O) groups excluding carboxylic acids is 1. The van der Waals surface area contributed by atoms with E-state index in [1.165, 1.54) is 5.57 Å². The Kier molecular flexibility index (Phi) is 11.6.